The van der Waals surface area contributed by atoms with Crippen LogP contribution in [0.25, 0.3) is 0 Å². The Labute approximate surface area is 208 Å². The van der Waals surface area contributed by atoms with Gasteiger partial charge in [-0.25, -0.2) is 18.2 Å². The number of hydrogen-bond donors (Lipinski definition) is 1. The molecule has 0 radical (unpaired) electrons. The first kappa shape index (κ1) is 25.0. The lowest BCUT2D eigenvalue weighted by molar-refractivity contribution is 0.181. The third-order valence-corrected chi connectivity index (χ3v) is 7.50. The predicted molar refractivity (Wildman–Crippen MR) is 137 cm³/mol. The number of nitrogens with zero attached hydrogens (tertiary/aromatic N) is 3. The van der Waals surface area contributed by atoms with Crippen LogP contribution in [-0.4, -0.2) is 40.5 Å². The summed E-state index contributed by atoms with van der Waals surface area (Å²) in [6.45, 7) is 8.48. The van der Waals surface area contributed by atoms with E-state index in [1.807, 2.05) is 82.3 Å². The largest absolute Gasteiger partial charge is 0.333 e. The van der Waals surface area contributed by atoms with E-state index in [0.29, 0.717) is 18.8 Å². The Kier molecular flexibility index (Phi) is 7.03. The van der Waals surface area contributed by atoms with Gasteiger partial charge in [0, 0.05) is 11.6 Å². The molecule has 1 N–H and O–H groups in total. The molecule has 1 aliphatic rings. The molecule has 7 nitrogen and oxygen atoms in total. The van der Waals surface area contributed by atoms with Crippen molar-refractivity contribution in [1.82, 2.24) is 19.8 Å². The lowest BCUT2D eigenvalue weighted by Gasteiger charge is -2.29. The number of benzene rings is 2. The molecule has 1 aliphatic carbocycles. The number of hydrogen-bond acceptors (Lipinski definition) is 4. The molecule has 35 heavy (non-hydrogen) atoms. The van der Waals surface area contributed by atoms with E-state index in [1.165, 1.54) is 0 Å². The number of aromatic nitrogens is 2. The highest BCUT2D eigenvalue weighted by Gasteiger charge is 2.35. The number of nitrogens with one attached hydrogen (secondary N) is 1. The van der Waals surface area contributed by atoms with Gasteiger partial charge in [-0.3, -0.25) is 0 Å². The molecule has 0 spiro atoms. The molecule has 8 heteroatoms. The van der Waals surface area contributed by atoms with E-state index in [4.69, 9.17) is 0 Å². The highest BCUT2D eigenvalue weighted by Crippen LogP contribution is 2.30. The normalized spacial score (nSPS) is 14.1. The second-order valence-corrected chi connectivity index (χ2v) is 12.3. The Morgan fingerprint density at radius 1 is 1.06 bits per heavy atom. The highest BCUT2D eigenvalue weighted by atomic mass is 32.2. The van der Waals surface area contributed by atoms with Gasteiger partial charge in [-0.05, 0) is 51.7 Å². The van der Waals surface area contributed by atoms with Crippen LogP contribution in [0, 0.1) is 6.92 Å². The summed E-state index contributed by atoms with van der Waals surface area (Å²) in [7, 11) is -3.71. The molecule has 3 aromatic rings. The zero-order valence-electron chi connectivity index (χ0n) is 20.9. The maximum Gasteiger partial charge on any atom is 0.318 e. The molecule has 0 bridgehead atoms. The zero-order chi connectivity index (χ0) is 25.2. The zero-order valence-corrected chi connectivity index (χ0v) is 21.7. The maximum absolute atomic E-state index is 13.5. The van der Waals surface area contributed by atoms with Gasteiger partial charge < -0.3 is 14.8 Å². The van der Waals surface area contributed by atoms with E-state index in [9.17, 15) is 13.2 Å². The molecule has 0 saturated heterocycles. The first-order valence-electron chi connectivity index (χ1n) is 12.0. The number of amides is 2. The van der Waals surface area contributed by atoms with Crippen LogP contribution in [0.4, 0.5) is 4.79 Å². The molecule has 186 valence electrons. The standard InChI is InChI=1S/C27H34N4O3S/c1-20-10-12-22(13-11-20)19-35(33,34)26-28-16-24(31(26)17-21-8-6-5-7-9-21)18-30(23-14-15-23)25(32)29-27(2,3)4/h5-13,16,23H,14-15,17-19H2,1-4H3,(H,29,32). The summed E-state index contributed by atoms with van der Waals surface area (Å²) in [5.74, 6) is -0.130. The summed E-state index contributed by atoms with van der Waals surface area (Å²) in [6.07, 6.45) is 3.50. The van der Waals surface area contributed by atoms with Crippen LogP contribution >= 0.6 is 0 Å². The lowest BCUT2D eigenvalue weighted by atomic mass is 10.1. The minimum atomic E-state index is -3.71. The molecule has 1 fully saturated rings. The van der Waals surface area contributed by atoms with Crippen molar-refractivity contribution in [3.05, 3.63) is 83.2 Å². The topological polar surface area (TPSA) is 84.3 Å². The molecule has 0 atom stereocenters. The number of imidazole rings is 1. The Morgan fingerprint density at radius 2 is 1.71 bits per heavy atom. The van der Waals surface area contributed by atoms with E-state index >= 15 is 0 Å². The van der Waals surface area contributed by atoms with E-state index < -0.39 is 9.84 Å². The van der Waals surface area contributed by atoms with E-state index in [2.05, 4.69) is 10.3 Å². The summed E-state index contributed by atoms with van der Waals surface area (Å²) in [6, 6.07) is 17.2. The Morgan fingerprint density at radius 3 is 2.31 bits per heavy atom. The van der Waals surface area contributed by atoms with Crippen molar-refractivity contribution in [2.75, 3.05) is 0 Å². The fourth-order valence-electron chi connectivity index (χ4n) is 3.99. The quantitative estimate of drug-likeness (QED) is 0.493. The van der Waals surface area contributed by atoms with Crippen molar-refractivity contribution < 1.29 is 13.2 Å². The van der Waals surface area contributed by atoms with Gasteiger partial charge in [0.15, 0.2) is 0 Å². The van der Waals surface area contributed by atoms with E-state index in [0.717, 1.165) is 29.5 Å². The number of urea groups is 1. The second kappa shape index (κ2) is 9.85. The lowest BCUT2D eigenvalue weighted by Crippen LogP contribution is -2.49. The molecule has 2 aromatic carbocycles. The second-order valence-electron chi connectivity index (χ2n) is 10.4. The Hall–Kier alpha value is -3.13. The van der Waals surface area contributed by atoms with Crippen LogP contribution in [0.15, 0.2) is 66.0 Å². The minimum absolute atomic E-state index is 0.0314. The predicted octanol–water partition coefficient (Wildman–Crippen LogP) is 4.69. The van der Waals surface area contributed by atoms with Crippen LogP contribution in [-0.2, 0) is 28.7 Å². The van der Waals surface area contributed by atoms with Gasteiger partial charge in [-0.2, -0.15) is 0 Å². The minimum Gasteiger partial charge on any atom is -0.333 e. The molecule has 1 aromatic heterocycles. The molecular weight excluding hydrogens is 460 g/mol. The summed E-state index contributed by atoms with van der Waals surface area (Å²) in [4.78, 5) is 19.2. The molecule has 1 saturated carbocycles. The fourth-order valence-corrected chi connectivity index (χ4v) is 5.48. The third-order valence-electron chi connectivity index (χ3n) is 5.90. The van der Waals surface area contributed by atoms with Crippen molar-refractivity contribution in [3.8, 4) is 0 Å². The van der Waals surface area contributed by atoms with E-state index in [-0.39, 0.29) is 28.5 Å². The van der Waals surface area contributed by atoms with Gasteiger partial charge in [0.2, 0.25) is 15.0 Å². The Balaban J connectivity index is 1.68. The highest BCUT2D eigenvalue weighted by molar-refractivity contribution is 7.90. The molecule has 0 unspecified atom stereocenters. The van der Waals surface area contributed by atoms with Gasteiger partial charge in [0.1, 0.15) is 0 Å². The summed E-state index contributed by atoms with van der Waals surface area (Å²) >= 11 is 0. The number of aryl methyl sites for hydroxylation is 1. The third kappa shape index (κ3) is 6.51. The molecule has 4 rings (SSSR count). The van der Waals surface area contributed by atoms with Crippen molar-refractivity contribution in [2.45, 2.75) is 76.1 Å². The van der Waals surface area contributed by atoms with Crippen LogP contribution in [0.3, 0.4) is 0 Å². The number of sulfone groups is 1. The summed E-state index contributed by atoms with van der Waals surface area (Å²) < 4.78 is 28.7. The molecule has 1 heterocycles. The molecular formula is C27H34N4O3S. The smallest absolute Gasteiger partial charge is 0.318 e. The van der Waals surface area contributed by atoms with Gasteiger partial charge >= 0.3 is 6.03 Å². The Bertz CT molecular complexity index is 1270. The van der Waals surface area contributed by atoms with Gasteiger partial charge in [-0.15, -0.1) is 0 Å². The summed E-state index contributed by atoms with van der Waals surface area (Å²) in [5, 5.41) is 3.07. The van der Waals surface area contributed by atoms with Gasteiger partial charge in [0.05, 0.1) is 30.7 Å². The number of carbonyl (C=O) groups is 1. The van der Waals surface area contributed by atoms with Crippen LogP contribution < -0.4 is 5.32 Å². The SMILES string of the molecule is Cc1ccc(CS(=O)(=O)c2ncc(CN(C(=O)NC(C)(C)C)C3CC3)n2Cc2ccccc2)cc1. The van der Waals surface area contributed by atoms with Gasteiger partial charge in [0.25, 0.3) is 0 Å². The maximum atomic E-state index is 13.5. The van der Waals surface area contributed by atoms with Crippen LogP contribution in [0.1, 0.15) is 56.0 Å². The number of carbonyl (C=O) groups excluding carboxylic acids is 1. The van der Waals surface area contributed by atoms with Crippen molar-refractivity contribution in [2.24, 2.45) is 0 Å². The average Bonchev–Trinajstić information content (AvgIpc) is 3.54. The van der Waals surface area contributed by atoms with Crippen LogP contribution in [0.2, 0.25) is 0 Å². The monoisotopic (exact) mass is 494 g/mol. The van der Waals surface area contributed by atoms with Crippen molar-refractivity contribution >= 4 is 15.9 Å². The molecule has 0 aliphatic heterocycles. The fraction of sp³-hybridized carbons (Fsp3) is 0.407. The van der Waals surface area contributed by atoms with Crippen molar-refractivity contribution in [1.29, 1.82) is 0 Å². The van der Waals surface area contributed by atoms with Gasteiger partial charge in [-0.1, -0.05) is 60.2 Å². The number of rotatable bonds is 8. The average molecular weight is 495 g/mol. The van der Waals surface area contributed by atoms with Crippen LogP contribution in [0.5, 0.6) is 0 Å². The molecule has 2 amide bonds. The van der Waals surface area contributed by atoms with Crippen molar-refractivity contribution in [3.63, 3.8) is 0 Å². The van der Waals surface area contributed by atoms with E-state index in [1.54, 1.807) is 15.7 Å². The first-order valence-corrected chi connectivity index (χ1v) is 13.6. The summed E-state index contributed by atoms with van der Waals surface area (Å²) in [5.41, 5.74) is 3.10. The first-order chi connectivity index (χ1) is 16.5.